The summed E-state index contributed by atoms with van der Waals surface area (Å²) in [6.07, 6.45) is -0.785. The first kappa shape index (κ1) is 16.0. The predicted molar refractivity (Wildman–Crippen MR) is 79.3 cm³/mol. The SMILES string of the molecule is CC(C)(Cc1cc(Cl)c(I)cc1[N+](=O)[O-])OC(N)=O. The topological polar surface area (TPSA) is 95.5 Å². The quantitative estimate of drug-likeness (QED) is 0.478. The summed E-state index contributed by atoms with van der Waals surface area (Å²) in [4.78, 5) is 21.3. The monoisotopic (exact) mass is 398 g/mol. The number of nitrogens with zero attached hydrogens (tertiary/aromatic N) is 1. The van der Waals surface area contributed by atoms with Gasteiger partial charge in [-0.2, -0.15) is 0 Å². The maximum atomic E-state index is 11.0. The van der Waals surface area contributed by atoms with E-state index in [1.165, 1.54) is 12.1 Å². The Bertz CT molecular complexity index is 534. The average Bonchev–Trinajstić information content (AvgIpc) is 2.19. The number of halogens is 2. The minimum atomic E-state index is -0.952. The zero-order chi connectivity index (χ0) is 14.8. The highest BCUT2D eigenvalue weighted by Gasteiger charge is 2.27. The third-order valence-electron chi connectivity index (χ3n) is 2.31. The number of hydrogen-bond donors (Lipinski definition) is 1. The molecule has 19 heavy (non-hydrogen) atoms. The van der Waals surface area contributed by atoms with Gasteiger partial charge in [-0.15, -0.1) is 0 Å². The molecule has 0 aliphatic carbocycles. The lowest BCUT2D eigenvalue weighted by Crippen LogP contribution is -2.33. The van der Waals surface area contributed by atoms with Gasteiger partial charge in [0, 0.05) is 21.6 Å². The summed E-state index contributed by atoms with van der Waals surface area (Å²) in [6, 6.07) is 2.89. The third-order valence-corrected chi connectivity index (χ3v) is 3.84. The molecule has 8 heteroatoms. The van der Waals surface area contributed by atoms with Crippen LogP contribution in [0.25, 0.3) is 0 Å². The van der Waals surface area contributed by atoms with Crippen molar-refractivity contribution in [3.05, 3.63) is 36.4 Å². The van der Waals surface area contributed by atoms with Crippen molar-refractivity contribution in [2.75, 3.05) is 0 Å². The van der Waals surface area contributed by atoms with Crippen molar-refractivity contribution in [2.24, 2.45) is 5.73 Å². The Hall–Kier alpha value is -1.09. The van der Waals surface area contributed by atoms with E-state index in [9.17, 15) is 14.9 Å². The fourth-order valence-corrected chi connectivity index (χ4v) is 2.29. The van der Waals surface area contributed by atoms with Crippen LogP contribution in [0.4, 0.5) is 10.5 Å². The number of amides is 1. The fraction of sp³-hybridized carbons (Fsp3) is 0.364. The second kappa shape index (κ2) is 5.91. The van der Waals surface area contributed by atoms with Crippen molar-refractivity contribution in [1.82, 2.24) is 0 Å². The van der Waals surface area contributed by atoms with E-state index in [-0.39, 0.29) is 12.1 Å². The van der Waals surface area contributed by atoms with Crippen LogP contribution in [-0.4, -0.2) is 16.6 Å². The van der Waals surface area contributed by atoms with Crippen molar-refractivity contribution in [3.8, 4) is 0 Å². The molecular weight excluding hydrogens is 386 g/mol. The van der Waals surface area contributed by atoms with Crippen LogP contribution in [0.15, 0.2) is 12.1 Å². The second-order valence-corrected chi connectivity index (χ2v) is 6.08. The molecular formula is C11H12ClIN2O4. The van der Waals surface area contributed by atoms with Crippen LogP contribution >= 0.6 is 34.2 Å². The molecule has 1 amide bonds. The lowest BCUT2D eigenvalue weighted by molar-refractivity contribution is -0.385. The molecule has 0 aliphatic rings. The van der Waals surface area contributed by atoms with Gasteiger partial charge in [-0.1, -0.05) is 11.6 Å². The zero-order valence-corrected chi connectivity index (χ0v) is 13.2. The van der Waals surface area contributed by atoms with Crippen molar-refractivity contribution in [3.63, 3.8) is 0 Å². The summed E-state index contributed by atoms with van der Waals surface area (Å²) in [5.74, 6) is 0. The van der Waals surface area contributed by atoms with Crippen molar-refractivity contribution in [2.45, 2.75) is 25.9 Å². The second-order valence-electron chi connectivity index (χ2n) is 4.51. The lowest BCUT2D eigenvalue weighted by atomic mass is 9.97. The van der Waals surface area contributed by atoms with Gasteiger partial charge in [0.1, 0.15) is 5.60 Å². The predicted octanol–water partition coefficient (Wildman–Crippen LogP) is 3.27. The molecule has 2 N–H and O–H groups in total. The number of rotatable bonds is 4. The Morgan fingerprint density at radius 2 is 2.16 bits per heavy atom. The van der Waals surface area contributed by atoms with E-state index < -0.39 is 16.6 Å². The molecule has 0 atom stereocenters. The largest absolute Gasteiger partial charge is 0.443 e. The number of primary amides is 1. The third kappa shape index (κ3) is 4.50. The van der Waals surface area contributed by atoms with Gasteiger partial charge < -0.3 is 10.5 Å². The van der Waals surface area contributed by atoms with Gasteiger partial charge in [0.05, 0.1) is 9.95 Å². The van der Waals surface area contributed by atoms with Crippen LogP contribution in [0.1, 0.15) is 19.4 Å². The number of benzene rings is 1. The van der Waals surface area contributed by atoms with E-state index in [1.54, 1.807) is 13.8 Å². The summed E-state index contributed by atoms with van der Waals surface area (Å²) in [5, 5.41) is 11.4. The number of nitro benzene ring substituents is 1. The first-order chi connectivity index (χ1) is 8.62. The van der Waals surface area contributed by atoms with Gasteiger partial charge in [-0.05, 0) is 42.5 Å². The molecule has 0 fully saturated rings. The zero-order valence-electron chi connectivity index (χ0n) is 10.3. The average molecular weight is 399 g/mol. The summed E-state index contributed by atoms with van der Waals surface area (Å²) < 4.78 is 5.50. The van der Waals surface area contributed by atoms with Crippen molar-refractivity contribution >= 4 is 46.0 Å². The van der Waals surface area contributed by atoms with Gasteiger partial charge in [0.15, 0.2) is 0 Å². The molecule has 0 heterocycles. The number of ether oxygens (including phenoxy) is 1. The molecule has 0 spiro atoms. The van der Waals surface area contributed by atoms with E-state index >= 15 is 0 Å². The maximum Gasteiger partial charge on any atom is 0.405 e. The van der Waals surface area contributed by atoms with Crippen LogP contribution in [-0.2, 0) is 11.2 Å². The molecule has 1 rings (SSSR count). The maximum absolute atomic E-state index is 11.0. The van der Waals surface area contributed by atoms with Crippen LogP contribution in [0.5, 0.6) is 0 Å². The standard InChI is InChI=1S/C11H12ClIN2O4/c1-11(2,19-10(14)16)5-6-3-7(12)8(13)4-9(6)15(17)18/h3-4H,5H2,1-2H3,(H2,14,16). The molecule has 0 aromatic heterocycles. The van der Waals surface area contributed by atoms with Gasteiger partial charge >= 0.3 is 6.09 Å². The summed E-state index contributed by atoms with van der Waals surface area (Å²) in [5.41, 5.74) is 4.34. The molecule has 0 saturated heterocycles. The number of hydrogen-bond acceptors (Lipinski definition) is 4. The molecule has 104 valence electrons. The fourth-order valence-electron chi connectivity index (χ4n) is 1.66. The van der Waals surface area contributed by atoms with Crippen LogP contribution in [0.3, 0.4) is 0 Å². The van der Waals surface area contributed by atoms with Crippen LogP contribution < -0.4 is 5.73 Å². The van der Waals surface area contributed by atoms with Gasteiger partial charge in [0.25, 0.3) is 5.69 Å². The lowest BCUT2D eigenvalue weighted by Gasteiger charge is -2.24. The van der Waals surface area contributed by atoms with E-state index in [0.717, 1.165) is 0 Å². The molecule has 1 aromatic carbocycles. The van der Waals surface area contributed by atoms with Gasteiger partial charge in [-0.25, -0.2) is 4.79 Å². The van der Waals surface area contributed by atoms with E-state index in [2.05, 4.69) is 0 Å². The Morgan fingerprint density at radius 3 is 2.63 bits per heavy atom. The van der Waals surface area contributed by atoms with Crippen LogP contribution in [0, 0.1) is 13.7 Å². The normalized spacial score (nSPS) is 11.2. The highest BCUT2D eigenvalue weighted by Crippen LogP contribution is 2.31. The molecule has 0 bridgehead atoms. The number of nitro groups is 1. The molecule has 1 aromatic rings. The number of carbonyl (C=O) groups excluding carboxylic acids is 1. The summed E-state index contributed by atoms with van der Waals surface area (Å²) in [6.45, 7) is 3.24. The molecule has 0 unspecified atom stereocenters. The van der Waals surface area contributed by atoms with Crippen molar-refractivity contribution < 1.29 is 14.5 Å². The van der Waals surface area contributed by atoms with E-state index in [1.807, 2.05) is 22.6 Å². The highest BCUT2D eigenvalue weighted by atomic mass is 127. The highest BCUT2D eigenvalue weighted by molar-refractivity contribution is 14.1. The number of nitrogens with two attached hydrogens (primary N) is 1. The van der Waals surface area contributed by atoms with Crippen molar-refractivity contribution in [1.29, 1.82) is 0 Å². The summed E-state index contributed by atoms with van der Waals surface area (Å²) >= 11 is 7.88. The molecule has 0 saturated carbocycles. The van der Waals surface area contributed by atoms with Gasteiger partial charge in [-0.3, -0.25) is 10.1 Å². The minimum absolute atomic E-state index is 0.0602. The molecule has 0 aliphatic heterocycles. The first-order valence-corrected chi connectivity index (χ1v) is 6.69. The minimum Gasteiger partial charge on any atom is -0.443 e. The van der Waals surface area contributed by atoms with E-state index in [4.69, 9.17) is 22.1 Å². The molecule has 0 radical (unpaired) electrons. The summed E-state index contributed by atoms with van der Waals surface area (Å²) in [7, 11) is 0. The Balaban J connectivity index is 3.16. The first-order valence-electron chi connectivity index (χ1n) is 5.23. The van der Waals surface area contributed by atoms with E-state index in [0.29, 0.717) is 14.2 Å². The van der Waals surface area contributed by atoms with Gasteiger partial charge in [0.2, 0.25) is 0 Å². The smallest absolute Gasteiger partial charge is 0.405 e. The van der Waals surface area contributed by atoms with Crippen LogP contribution in [0.2, 0.25) is 5.02 Å². The number of carbonyl (C=O) groups is 1. The Labute approximate surface area is 128 Å². The molecule has 6 nitrogen and oxygen atoms in total. The Morgan fingerprint density at radius 1 is 1.58 bits per heavy atom. The Kier molecular flexibility index (Phi) is 4.97.